The van der Waals surface area contributed by atoms with Crippen LogP contribution in [0.25, 0.3) is 12.2 Å². The first-order valence-electron chi connectivity index (χ1n) is 34.5. The third kappa shape index (κ3) is 41.4. The van der Waals surface area contributed by atoms with Gasteiger partial charge in [0.15, 0.2) is 23.8 Å². The zero-order valence-corrected chi connectivity index (χ0v) is 76.9. The maximum atomic E-state index is 14.4. The Hall–Kier alpha value is -7.48. The maximum Gasteiger partial charge on any atom is 0.398 e. The van der Waals surface area contributed by atoms with Crippen LogP contribution in [0.5, 0.6) is 0 Å². The molecule has 18 atom stereocenters. The number of nitrogens with one attached hydrogen (secondary N) is 4. The van der Waals surface area contributed by atoms with Crippen molar-refractivity contribution in [2.75, 3.05) is 26.3 Å². The van der Waals surface area contributed by atoms with Gasteiger partial charge < -0.3 is 41.0 Å². The average Bonchev–Trinajstić information content (AvgIpc) is 0.877. The topological polar surface area (TPSA) is 1070 Å². The highest BCUT2D eigenvalue weighted by Gasteiger charge is 2.62. The SMILES string of the molecule is O=C(N[C@@H]1[C@@H](OS(=O)(=O)O)[C@H](OS(=O)(=O)O)[C@@H](CNC(=O)[C@H](OS(=O)(=O)O)[C@@H](OS(=O)(=O)O)[C@H](OS(=O)(=O)O)[C@@H](COS(=O)(=O)O)OS(=O)(=O)O)O[C@@]1(O)Cc1ccccc1)c1ccc(/C=C\c2ccc(C(=O)N[C@@H]3[C@@H](OS(=O)(=O)O)[C@H](OS(=O)(=O)O)[C@@H](CNC(=O)[C@H](OS(=O)(=O)O)[C@@H](OS(=O)(=O)O)[C@H](OS(=O)(=O)O)[C@@H](COS(=O)(=O)O)OS(=O)(=O)O)O[C@@]3(O)Cc3ccccc3)cc2)cc1. The Morgan fingerprint density at radius 2 is 0.566 bits per heavy atom. The molecule has 82 heteroatoms. The molecule has 68 nitrogen and oxygen atoms in total. The van der Waals surface area contributed by atoms with Crippen LogP contribution >= 0.6 is 0 Å². The van der Waals surface area contributed by atoms with Crippen LogP contribution in [0.1, 0.15) is 43.0 Å². The Labute approximate surface area is 767 Å². The molecule has 136 heavy (non-hydrogen) atoms. The lowest BCUT2D eigenvalue weighted by Gasteiger charge is -2.49. The van der Waals surface area contributed by atoms with Gasteiger partial charge in [-0.2, -0.15) is 118 Å². The van der Waals surface area contributed by atoms with Gasteiger partial charge in [-0.1, -0.05) is 97.1 Å². The number of hydrogen-bond acceptors (Lipinski definition) is 50. The van der Waals surface area contributed by atoms with Crippen molar-refractivity contribution in [2.45, 2.75) is 122 Å². The Bertz CT molecular complexity index is 6330. The summed E-state index contributed by atoms with van der Waals surface area (Å²) in [7, 11) is -89.0. The normalized spacial score (nSPS) is 23.1. The van der Waals surface area contributed by atoms with Crippen LogP contribution in [-0.2, 0) is 236 Å². The third-order valence-electron chi connectivity index (χ3n) is 16.7. The zero-order chi connectivity index (χ0) is 104. The summed E-state index contributed by atoms with van der Waals surface area (Å²) < 4.78 is 548. The highest BCUT2D eigenvalue weighted by molar-refractivity contribution is 7.84. The van der Waals surface area contributed by atoms with Crippen LogP contribution < -0.4 is 21.3 Å². The highest BCUT2D eigenvalue weighted by atomic mass is 32.3. The molecule has 0 spiro atoms. The molecule has 0 radical (unpaired) electrons. The fourth-order valence-electron chi connectivity index (χ4n) is 12.2. The molecule has 6 rings (SSSR count). The van der Waals surface area contributed by atoms with Gasteiger partial charge in [-0.05, 0) is 46.5 Å². The average molecular weight is 2250 g/mol. The monoisotopic (exact) mass is 2240 g/mol. The van der Waals surface area contributed by atoms with E-state index in [-0.39, 0.29) is 22.3 Å². The molecule has 2 aliphatic heterocycles. The molecule has 0 aliphatic carbocycles. The van der Waals surface area contributed by atoms with Gasteiger partial charge in [0.1, 0.15) is 85.3 Å². The van der Waals surface area contributed by atoms with Gasteiger partial charge in [0, 0.05) is 37.1 Å². The minimum Gasteiger partial charge on any atom is -0.363 e. The minimum absolute atomic E-state index is 0.0574. The van der Waals surface area contributed by atoms with Crippen molar-refractivity contribution in [3.05, 3.63) is 143 Å². The number of benzene rings is 4. The number of aliphatic hydroxyl groups is 2. The molecule has 2 fully saturated rings. The predicted octanol–water partition coefficient (Wildman–Crippen LogP) is -9.16. The van der Waals surface area contributed by atoms with Gasteiger partial charge in [0.05, 0.1) is 13.2 Å². The molecule has 0 saturated carbocycles. The zero-order valence-electron chi connectivity index (χ0n) is 65.5. The summed E-state index contributed by atoms with van der Waals surface area (Å²) in [4.78, 5) is 57.3. The number of rotatable bonds is 52. The van der Waals surface area contributed by atoms with Crippen molar-refractivity contribution >= 4 is 181 Å². The number of carbonyl (C=O) groups is 4. The molecular weight excluding hydrogens is 2180 g/mol. The Morgan fingerprint density at radius 3 is 0.809 bits per heavy atom. The van der Waals surface area contributed by atoms with E-state index in [1.807, 2.05) is 10.6 Å². The first-order valence-corrected chi connectivity index (χ1v) is 53.6. The van der Waals surface area contributed by atoms with E-state index in [1.165, 1.54) is 59.2 Å². The highest BCUT2D eigenvalue weighted by Crippen LogP contribution is 2.39. The van der Waals surface area contributed by atoms with E-state index in [2.05, 4.69) is 50.2 Å². The van der Waals surface area contributed by atoms with Gasteiger partial charge in [0.2, 0.25) is 0 Å². The second kappa shape index (κ2) is 45.2. The van der Waals surface area contributed by atoms with Crippen LogP contribution in [0.4, 0.5) is 0 Å². The fourth-order valence-corrected chi connectivity index (χ4v) is 18.7. The Morgan fingerprint density at radius 1 is 0.316 bits per heavy atom. The first-order chi connectivity index (χ1) is 61.4. The molecule has 2 aliphatic rings. The summed E-state index contributed by atoms with van der Waals surface area (Å²) in [6.45, 7) is -8.59. The smallest absolute Gasteiger partial charge is 0.363 e. The Balaban J connectivity index is 1.37. The number of amides is 4. The van der Waals surface area contributed by atoms with Crippen molar-refractivity contribution in [1.82, 2.24) is 21.3 Å². The van der Waals surface area contributed by atoms with E-state index in [9.17, 15) is 202 Å². The maximum absolute atomic E-state index is 14.4. The molecule has 4 aromatic rings. The molecule has 20 N–H and O–H groups in total. The molecule has 0 aromatic heterocycles. The lowest BCUT2D eigenvalue weighted by atomic mass is 9.86. The molecule has 2 heterocycles. The van der Waals surface area contributed by atoms with Crippen LogP contribution in [0.3, 0.4) is 0 Å². The summed E-state index contributed by atoms with van der Waals surface area (Å²) in [6.07, 6.45) is -49.4. The quantitative estimate of drug-likeness (QED) is 0.0144. The molecule has 2 saturated heterocycles. The van der Waals surface area contributed by atoms with Crippen molar-refractivity contribution in [3.8, 4) is 0 Å². The summed E-state index contributed by atoms with van der Waals surface area (Å²) in [5.41, 5.74) is -1.42. The Kier molecular flexibility index (Phi) is 39.0. The van der Waals surface area contributed by atoms with Crippen LogP contribution in [0, 0.1) is 0 Å². The molecule has 0 unspecified atom stereocenters. The van der Waals surface area contributed by atoms with Gasteiger partial charge in [-0.3, -0.25) is 82.9 Å². The minimum atomic E-state index is -6.60. The van der Waals surface area contributed by atoms with Crippen molar-refractivity contribution < 1.29 is 279 Å². The second-order valence-corrected chi connectivity index (χ2v) is 41.4. The summed E-state index contributed by atoms with van der Waals surface area (Å²) in [5, 5.41) is 32.1. The predicted molar refractivity (Wildman–Crippen MR) is 422 cm³/mol. The van der Waals surface area contributed by atoms with E-state index in [0.29, 0.717) is 0 Å². The van der Waals surface area contributed by atoms with E-state index in [4.69, 9.17) is 26.9 Å². The van der Waals surface area contributed by atoms with Crippen molar-refractivity contribution in [3.63, 3.8) is 0 Å². The van der Waals surface area contributed by atoms with Gasteiger partial charge in [-0.25, -0.2) is 58.6 Å². The standard InChI is InChI=1S/C54H68N4O64S14/c59-49(57-47-43(119-133(95,96)97)37(113-127(77,78)79)33(109-53(47,63)21-29-7-3-1-4-8-29)23-55-51(61)45(121-135(101,102)103)41(117-131(89,90)91)39(115-129(83,84)85)35(111-125(71,72)73)25-107-123(65,66)67)31-17-13-27(14-18-31)11-12-28-15-19-32(20-16-28)50(60)58-48-44(120-134(98,99)100)38(114-128(80,81)82)34(110-54(48,64)22-30-9-5-2-6-10-30)24-56-52(62)46(122-136(104,105)106)42(118-132(92,93)94)40(116-130(86,87)88)36(112-126(74,75)76)26-108-124(68,69)70/h1-20,33-48,63-64H,21-26H2,(H,55,61)(H,56,62)(H,57,59)(H,58,60)(H,65,66,67)(H,68,69,70)(H,71,72,73)(H,74,75,76)(H,77,78,79)(H,80,81,82)(H,83,84,85)(H,86,87,88)(H,89,90,91)(H,92,93,94)(H,95,96,97)(H,98,99,100)(H,101,102,103)(H,104,105,106)/b12-11-/t33-,34-,35-,36-,37-,38-,39-,40-,41+,42+,43+,44+,45-,46-,47-,48-,53+,54+/m1/s1. The van der Waals surface area contributed by atoms with Crippen molar-refractivity contribution in [1.29, 1.82) is 0 Å². The van der Waals surface area contributed by atoms with Gasteiger partial charge in [0.25, 0.3) is 23.6 Å². The summed E-state index contributed by atoms with van der Waals surface area (Å²) >= 11 is 0. The van der Waals surface area contributed by atoms with Gasteiger partial charge >= 0.3 is 146 Å². The van der Waals surface area contributed by atoms with Crippen LogP contribution in [-0.4, -0.2) is 351 Å². The summed E-state index contributed by atoms with van der Waals surface area (Å²) in [5.74, 6) is -15.3. The second-order valence-electron chi connectivity index (χ2n) is 26.6. The largest absolute Gasteiger partial charge is 0.398 e. The number of ether oxygens (including phenoxy) is 2. The van der Waals surface area contributed by atoms with E-state index >= 15 is 0 Å². The first kappa shape index (κ1) is 117. The molecule has 0 bridgehead atoms. The van der Waals surface area contributed by atoms with E-state index in [1.54, 1.807) is 0 Å². The third-order valence-corrected chi connectivity index (χ3v) is 23.2. The number of carbonyl (C=O) groups excluding carboxylic acids is 4. The van der Waals surface area contributed by atoms with Gasteiger partial charge in [-0.15, -0.1) is 0 Å². The number of hydrogen-bond donors (Lipinski definition) is 20. The lowest BCUT2D eigenvalue weighted by molar-refractivity contribution is -0.304. The fraction of sp³-hybridized carbons (Fsp3) is 0.444. The van der Waals surface area contributed by atoms with Crippen LogP contribution in [0.2, 0.25) is 0 Å². The lowest BCUT2D eigenvalue weighted by Crippen LogP contribution is -2.73. The molecular formula is C54H68N4O64S14. The molecule has 4 aromatic carbocycles. The van der Waals surface area contributed by atoms with E-state index < -0.39 is 329 Å². The van der Waals surface area contributed by atoms with Crippen molar-refractivity contribution in [2.24, 2.45) is 0 Å². The molecule has 772 valence electrons. The molecule has 4 amide bonds. The van der Waals surface area contributed by atoms with E-state index in [0.717, 1.165) is 72.8 Å². The van der Waals surface area contributed by atoms with Crippen LogP contribution in [0.15, 0.2) is 109 Å². The summed E-state index contributed by atoms with van der Waals surface area (Å²) in [6, 6.07) is 14.6.